The van der Waals surface area contributed by atoms with Crippen LogP contribution in [0.15, 0.2) is 0 Å². The predicted octanol–water partition coefficient (Wildman–Crippen LogP) is 2.35. The number of carbonyl (C=O) groups excluding carboxylic acids is 1. The average Bonchev–Trinajstić information content (AvgIpc) is 2.13. The molecule has 1 atom stereocenters. The molecule has 0 spiro atoms. The van der Waals surface area contributed by atoms with E-state index in [0.717, 1.165) is 6.42 Å². The van der Waals surface area contributed by atoms with Gasteiger partial charge in [-0.3, -0.25) is 4.79 Å². The van der Waals surface area contributed by atoms with Crippen molar-refractivity contribution in [2.45, 2.75) is 46.6 Å². The van der Waals surface area contributed by atoms with Gasteiger partial charge in [0.15, 0.2) is 0 Å². The van der Waals surface area contributed by atoms with Crippen LogP contribution >= 0.6 is 0 Å². The summed E-state index contributed by atoms with van der Waals surface area (Å²) in [6.45, 7) is 9.56. The van der Waals surface area contributed by atoms with Crippen molar-refractivity contribution in [1.29, 1.82) is 0 Å². The molecule has 5 nitrogen and oxygen atoms in total. The molecule has 1 amide bonds. The van der Waals surface area contributed by atoms with E-state index in [4.69, 9.17) is 9.84 Å². The average molecular weight is 245 g/mol. The molecule has 0 aromatic carbocycles. The van der Waals surface area contributed by atoms with Crippen molar-refractivity contribution in [3.63, 3.8) is 0 Å². The molecule has 0 aliphatic carbocycles. The van der Waals surface area contributed by atoms with Crippen molar-refractivity contribution in [1.82, 2.24) is 4.90 Å². The molecular formula is C12H23NO4. The fraction of sp³-hybridized carbons (Fsp3) is 0.833. The van der Waals surface area contributed by atoms with E-state index in [1.165, 1.54) is 4.90 Å². The highest BCUT2D eigenvalue weighted by Crippen LogP contribution is 2.11. The first-order valence-electron chi connectivity index (χ1n) is 5.88. The first kappa shape index (κ1) is 15.7. The van der Waals surface area contributed by atoms with E-state index >= 15 is 0 Å². The Morgan fingerprint density at radius 1 is 1.35 bits per heavy atom. The van der Waals surface area contributed by atoms with Crippen molar-refractivity contribution >= 4 is 12.1 Å². The molecule has 0 radical (unpaired) electrons. The highest BCUT2D eigenvalue weighted by molar-refractivity contribution is 5.72. The van der Waals surface area contributed by atoms with Gasteiger partial charge in [0.2, 0.25) is 0 Å². The lowest BCUT2D eigenvalue weighted by Gasteiger charge is -2.28. The van der Waals surface area contributed by atoms with Crippen LogP contribution in [0.2, 0.25) is 0 Å². The van der Waals surface area contributed by atoms with Crippen LogP contribution in [0.25, 0.3) is 0 Å². The van der Waals surface area contributed by atoms with Gasteiger partial charge in [0.05, 0.1) is 5.92 Å². The topological polar surface area (TPSA) is 66.8 Å². The monoisotopic (exact) mass is 245 g/mol. The Balaban J connectivity index is 4.51. The van der Waals surface area contributed by atoms with E-state index in [-0.39, 0.29) is 6.54 Å². The number of carboxylic acid groups (broad SMARTS) is 1. The lowest BCUT2D eigenvalue weighted by atomic mass is 10.1. The zero-order valence-corrected chi connectivity index (χ0v) is 11.3. The van der Waals surface area contributed by atoms with Gasteiger partial charge >= 0.3 is 12.1 Å². The first-order valence-corrected chi connectivity index (χ1v) is 5.88. The van der Waals surface area contributed by atoms with Gasteiger partial charge in [0.1, 0.15) is 5.60 Å². The number of hydrogen-bond acceptors (Lipinski definition) is 3. The fourth-order valence-electron chi connectivity index (χ4n) is 1.26. The molecule has 0 aliphatic heterocycles. The van der Waals surface area contributed by atoms with Gasteiger partial charge in [0.25, 0.3) is 0 Å². The van der Waals surface area contributed by atoms with Crippen molar-refractivity contribution in [3.05, 3.63) is 0 Å². The molecule has 0 saturated heterocycles. The molecule has 0 saturated carbocycles. The molecule has 0 rings (SSSR count). The lowest BCUT2D eigenvalue weighted by Crippen LogP contribution is -2.40. The van der Waals surface area contributed by atoms with Crippen LogP contribution in [0, 0.1) is 5.92 Å². The summed E-state index contributed by atoms with van der Waals surface area (Å²) in [7, 11) is 0. The summed E-state index contributed by atoms with van der Waals surface area (Å²) >= 11 is 0. The van der Waals surface area contributed by atoms with Crippen molar-refractivity contribution in [3.8, 4) is 0 Å². The molecule has 0 aromatic rings. The van der Waals surface area contributed by atoms with E-state index < -0.39 is 23.6 Å². The Morgan fingerprint density at radius 2 is 1.88 bits per heavy atom. The first-order chi connectivity index (χ1) is 7.67. The third-order valence-electron chi connectivity index (χ3n) is 2.06. The lowest BCUT2D eigenvalue weighted by molar-refractivity contribution is -0.141. The molecule has 0 bridgehead atoms. The number of hydrogen-bond donors (Lipinski definition) is 1. The molecule has 17 heavy (non-hydrogen) atoms. The van der Waals surface area contributed by atoms with E-state index in [1.54, 1.807) is 27.7 Å². The molecule has 0 aromatic heterocycles. The maximum Gasteiger partial charge on any atom is 0.410 e. The van der Waals surface area contributed by atoms with Gasteiger partial charge in [-0.25, -0.2) is 4.79 Å². The number of nitrogens with zero attached hydrogens (tertiary/aromatic N) is 1. The summed E-state index contributed by atoms with van der Waals surface area (Å²) in [6, 6.07) is 0. The van der Waals surface area contributed by atoms with Crippen molar-refractivity contribution < 1.29 is 19.4 Å². The Kier molecular flexibility index (Phi) is 5.99. The Labute approximate surface area is 103 Å². The van der Waals surface area contributed by atoms with E-state index in [9.17, 15) is 9.59 Å². The zero-order valence-electron chi connectivity index (χ0n) is 11.3. The Hall–Kier alpha value is -1.26. The van der Waals surface area contributed by atoms with Gasteiger partial charge in [0, 0.05) is 13.1 Å². The van der Waals surface area contributed by atoms with Crippen LogP contribution in [-0.2, 0) is 9.53 Å². The van der Waals surface area contributed by atoms with Crippen LogP contribution in [0.4, 0.5) is 4.79 Å². The number of aliphatic carboxylic acids is 1. The van der Waals surface area contributed by atoms with Gasteiger partial charge < -0.3 is 14.7 Å². The molecule has 1 N–H and O–H groups in total. The number of ether oxygens (including phenoxy) is 1. The quantitative estimate of drug-likeness (QED) is 0.807. The fourth-order valence-corrected chi connectivity index (χ4v) is 1.26. The number of amides is 1. The number of carbonyl (C=O) groups is 2. The Morgan fingerprint density at radius 3 is 2.24 bits per heavy atom. The summed E-state index contributed by atoms with van der Waals surface area (Å²) in [5.41, 5.74) is -0.560. The van der Waals surface area contributed by atoms with Gasteiger partial charge in [-0.1, -0.05) is 13.8 Å². The molecule has 0 aliphatic rings. The van der Waals surface area contributed by atoms with Crippen molar-refractivity contribution in [2.24, 2.45) is 5.92 Å². The minimum atomic E-state index is -0.908. The van der Waals surface area contributed by atoms with Crippen molar-refractivity contribution in [2.75, 3.05) is 13.1 Å². The standard InChI is InChI=1S/C12H23NO4/c1-6-7-13(8-9(2)10(14)15)11(16)17-12(3,4)5/h9H,6-8H2,1-5H3,(H,14,15). The minimum absolute atomic E-state index is 0.179. The second-order valence-electron chi connectivity index (χ2n) is 5.17. The second kappa shape index (κ2) is 6.47. The van der Waals surface area contributed by atoms with Gasteiger partial charge in [-0.2, -0.15) is 0 Å². The smallest absolute Gasteiger partial charge is 0.410 e. The van der Waals surface area contributed by atoms with Crippen LogP contribution in [0.5, 0.6) is 0 Å². The third-order valence-corrected chi connectivity index (χ3v) is 2.06. The summed E-state index contributed by atoms with van der Waals surface area (Å²) in [5, 5.41) is 8.83. The highest BCUT2D eigenvalue weighted by atomic mass is 16.6. The van der Waals surface area contributed by atoms with E-state index in [0.29, 0.717) is 6.54 Å². The largest absolute Gasteiger partial charge is 0.481 e. The summed E-state index contributed by atoms with van der Waals surface area (Å²) in [5.74, 6) is -1.50. The maximum atomic E-state index is 11.8. The SMILES string of the molecule is CCCN(CC(C)C(=O)O)C(=O)OC(C)(C)C. The number of carboxylic acids is 1. The summed E-state index contributed by atoms with van der Waals surface area (Å²) in [4.78, 5) is 24.0. The number of rotatable bonds is 5. The molecular weight excluding hydrogens is 222 g/mol. The van der Waals surface area contributed by atoms with Gasteiger partial charge in [-0.05, 0) is 27.2 Å². The summed E-state index contributed by atoms with van der Waals surface area (Å²) in [6.07, 6.45) is 0.318. The van der Waals surface area contributed by atoms with Gasteiger partial charge in [-0.15, -0.1) is 0 Å². The summed E-state index contributed by atoms with van der Waals surface area (Å²) < 4.78 is 5.23. The highest BCUT2D eigenvalue weighted by Gasteiger charge is 2.24. The zero-order chi connectivity index (χ0) is 13.6. The van der Waals surface area contributed by atoms with Crippen LogP contribution in [-0.4, -0.2) is 40.8 Å². The molecule has 0 fully saturated rings. The van der Waals surface area contributed by atoms with Crippen LogP contribution in [0.3, 0.4) is 0 Å². The molecule has 1 unspecified atom stereocenters. The Bertz CT molecular complexity index is 270. The van der Waals surface area contributed by atoms with E-state index in [1.807, 2.05) is 6.92 Å². The molecule has 5 heteroatoms. The minimum Gasteiger partial charge on any atom is -0.481 e. The molecule has 0 heterocycles. The van der Waals surface area contributed by atoms with E-state index in [2.05, 4.69) is 0 Å². The third kappa shape index (κ3) is 6.81. The maximum absolute atomic E-state index is 11.8. The second-order valence-corrected chi connectivity index (χ2v) is 5.17. The normalized spacial score (nSPS) is 13.0. The predicted molar refractivity (Wildman–Crippen MR) is 64.9 cm³/mol. The van der Waals surface area contributed by atoms with Crippen LogP contribution in [0.1, 0.15) is 41.0 Å². The molecule has 100 valence electrons. The van der Waals surface area contributed by atoms with Crippen LogP contribution < -0.4 is 0 Å².